The number of aromatic nitrogens is 2. The van der Waals surface area contributed by atoms with E-state index in [0.717, 1.165) is 23.0 Å². The van der Waals surface area contributed by atoms with Crippen molar-refractivity contribution in [1.82, 2.24) is 14.5 Å². The van der Waals surface area contributed by atoms with E-state index in [4.69, 9.17) is 9.47 Å². The summed E-state index contributed by atoms with van der Waals surface area (Å²) in [6.07, 6.45) is 5.13. The van der Waals surface area contributed by atoms with Gasteiger partial charge in [-0.2, -0.15) is 0 Å². The summed E-state index contributed by atoms with van der Waals surface area (Å²) in [4.78, 5) is 18.5. The van der Waals surface area contributed by atoms with E-state index in [0.29, 0.717) is 32.9 Å². The second kappa shape index (κ2) is 8.54. The summed E-state index contributed by atoms with van der Waals surface area (Å²) in [5, 5.41) is 1.06. The minimum absolute atomic E-state index is 0.0290. The van der Waals surface area contributed by atoms with E-state index >= 15 is 0 Å². The van der Waals surface area contributed by atoms with Crippen molar-refractivity contribution in [2.24, 2.45) is 0 Å². The van der Waals surface area contributed by atoms with Gasteiger partial charge < -0.3 is 18.9 Å². The van der Waals surface area contributed by atoms with Gasteiger partial charge in [-0.1, -0.05) is 24.3 Å². The molecule has 3 aromatic rings. The van der Waals surface area contributed by atoms with E-state index < -0.39 is 6.10 Å². The molecular weight excluding hydrogens is 354 g/mol. The second-order valence-corrected chi connectivity index (χ2v) is 7.01. The normalized spacial score (nSPS) is 15.7. The van der Waals surface area contributed by atoms with Crippen molar-refractivity contribution in [3.8, 4) is 0 Å². The van der Waals surface area contributed by atoms with Crippen LogP contribution in [0.15, 0.2) is 48.9 Å². The summed E-state index contributed by atoms with van der Waals surface area (Å²) in [5.41, 5.74) is 3.29. The van der Waals surface area contributed by atoms with Crippen LogP contribution in [0.1, 0.15) is 18.1 Å². The van der Waals surface area contributed by atoms with Gasteiger partial charge >= 0.3 is 0 Å². The number of rotatable bonds is 6. The van der Waals surface area contributed by atoms with Gasteiger partial charge in [0.25, 0.3) is 5.91 Å². The maximum Gasteiger partial charge on any atom is 0.251 e. The molecule has 1 fully saturated rings. The van der Waals surface area contributed by atoms with E-state index in [-0.39, 0.29) is 5.91 Å². The highest BCUT2D eigenvalue weighted by Crippen LogP contribution is 2.16. The minimum Gasteiger partial charge on any atom is -0.378 e. The first-order chi connectivity index (χ1) is 13.7. The Morgan fingerprint density at radius 3 is 2.96 bits per heavy atom. The molecule has 6 heteroatoms. The highest BCUT2D eigenvalue weighted by molar-refractivity contribution is 5.80. The van der Waals surface area contributed by atoms with E-state index in [1.807, 2.05) is 42.4 Å². The Balaban J connectivity index is 1.37. The Bertz CT molecular complexity index is 947. The topological polar surface area (TPSA) is 56.6 Å². The molecule has 0 saturated carbocycles. The molecule has 3 heterocycles. The van der Waals surface area contributed by atoms with E-state index in [1.165, 1.54) is 5.56 Å². The monoisotopic (exact) mass is 378 g/mol. The van der Waals surface area contributed by atoms with Gasteiger partial charge in [0.15, 0.2) is 0 Å². The highest BCUT2D eigenvalue weighted by Gasteiger charge is 2.22. The SMILES string of the molecule is C[C@@H](OCc1cccc(Cn2c[c]c3ccncc32)c1)C(=O)N1CCOCC1. The first-order valence-electron chi connectivity index (χ1n) is 9.57. The lowest BCUT2D eigenvalue weighted by molar-refractivity contribution is -0.147. The van der Waals surface area contributed by atoms with Gasteiger partial charge in [-0.05, 0) is 24.1 Å². The van der Waals surface area contributed by atoms with Crippen molar-refractivity contribution in [1.29, 1.82) is 0 Å². The van der Waals surface area contributed by atoms with Crippen LogP contribution < -0.4 is 0 Å². The zero-order valence-corrected chi connectivity index (χ0v) is 16.0. The largest absolute Gasteiger partial charge is 0.378 e. The lowest BCUT2D eigenvalue weighted by Gasteiger charge is -2.29. The molecule has 0 bridgehead atoms. The number of fused-ring (bicyclic) bond motifs is 1. The third-order valence-corrected chi connectivity index (χ3v) is 5.00. The third kappa shape index (κ3) is 4.24. The summed E-state index contributed by atoms with van der Waals surface area (Å²) in [5.74, 6) is 0.0290. The highest BCUT2D eigenvalue weighted by atomic mass is 16.5. The summed E-state index contributed by atoms with van der Waals surface area (Å²) in [6, 6.07) is 13.5. The van der Waals surface area contributed by atoms with Crippen molar-refractivity contribution in [2.45, 2.75) is 26.2 Å². The van der Waals surface area contributed by atoms with Crippen molar-refractivity contribution in [3.63, 3.8) is 0 Å². The van der Waals surface area contributed by atoms with Gasteiger partial charge in [-0.15, -0.1) is 0 Å². The molecular formula is C22H24N3O3. The zero-order chi connectivity index (χ0) is 19.3. The van der Waals surface area contributed by atoms with Crippen LogP contribution in [0.5, 0.6) is 0 Å². The third-order valence-electron chi connectivity index (χ3n) is 5.00. The number of morpholine rings is 1. The van der Waals surface area contributed by atoms with Crippen molar-refractivity contribution in [3.05, 3.63) is 66.1 Å². The molecule has 1 aromatic carbocycles. The Labute approximate surface area is 164 Å². The zero-order valence-electron chi connectivity index (χ0n) is 16.0. The number of pyridine rings is 1. The number of amides is 1. The Kier molecular flexibility index (Phi) is 5.69. The Morgan fingerprint density at radius 2 is 2.11 bits per heavy atom. The van der Waals surface area contributed by atoms with E-state index in [2.05, 4.69) is 27.8 Å². The predicted octanol–water partition coefficient (Wildman–Crippen LogP) is 2.65. The Morgan fingerprint density at radius 1 is 1.29 bits per heavy atom. The maximum absolute atomic E-state index is 12.5. The summed E-state index contributed by atoms with van der Waals surface area (Å²) < 4.78 is 13.3. The van der Waals surface area contributed by atoms with Crippen LogP contribution in [-0.4, -0.2) is 52.8 Å². The fraction of sp³-hybridized carbons (Fsp3) is 0.364. The quantitative estimate of drug-likeness (QED) is 0.662. The average molecular weight is 378 g/mol. The van der Waals surface area contributed by atoms with Crippen molar-refractivity contribution >= 4 is 16.8 Å². The molecule has 1 radical (unpaired) electrons. The molecule has 1 saturated heterocycles. The summed E-state index contributed by atoms with van der Waals surface area (Å²) >= 11 is 0. The number of carbonyl (C=O) groups is 1. The number of carbonyl (C=O) groups excluding carboxylic acids is 1. The van der Waals surface area contributed by atoms with Gasteiger partial charge in [-0.3, -0.25) is 9.78 Å². The van der Waals surface area contributed by atoms with Gasteiger partial charge in [0.1, 0.15) is 6.10 Å². The average Bonchev–Trinajstić information content (AvgIpc) is 3.15. The fourth-order valence-corrected chi connectivity index (χ4v) is 3.43. The summed E-state index contributed by atoms with van der Waals surface area (Å²) in [6.45, 7) is 5.43. The van der Waals surface area contributed by atoms with Crippen LogP contribution in [0.4, 0.5) is 0 Å². The molecule has 4 rings (SSSR count). The minimum atomic E-state index is -0.462. The van der Waals surface area contributed by atoms with Crippen molar-refractivity contribution in [2.75, 3.05) is 26.3 Å². The molecule has 0 N–H and O–H groups in total. The molecule has 0 spiro atoms. The lowest BCUT2D eigenvalue weighted by Crippen LogP contribution is -2.45. The molecule has 1 aliphatic rings. The Hall–Kier alpha value is -2.70. The van der Waals surface area contributed by atoms with Crippen LogP contribution >= 0.6 is 0 Å². The number of ether oxygens (including phenoxy) is 2. The van der Waals surface area contributed by atoms with E-state index in [9.17, 15) is 4.79 Å². The standard InChI is InChI=1S/C22H24N3O3/c1-17(22(26)24-9-11-27-12-10-24)28-16-19-4-2-3-18(13-19)15-25-8-6-20-5-7-23-14-21(20)25/h2-5,7-8,13-14,17H,9-12,15-16H2,1H3/t17-/m1/s1. The van der Waals surface area contributed by atoms with Crippen LogP contribution in [0.2, 0.25) is 0 Å². The van der Waals surface area contributed by atoms with E-state index in [1.54, 1.807) is 6.20 Å². The number of nitrogens with zero attached hydrogens (tertiary/aromatic N) is 3. The van der Waals surface area contributed by atoms with Crippen LogP contribution in [0.3, 0.4) is 0 Å². The maximum atomic E-state index is 12.5. The van der Waals surface area contributed by atoms with Crippen LogP contribution in [-0.2, 0) is 27.4 Å². The second-order valence-electron chi connectivity index (χ2n) is 7.01. The molecule has 6 nitrogen and oxygen atoms in total. The van der Waals surface area contributed by atoms with Crippen LogP contribution in [0.25, 0.3) is 10.9 Å². The molecule has 145 valence electrons. The number of hydrogen-bond donors (Lipinski definition) is 0. The number of hydrogen-bond acceptors (Lipinski definition) is 4. The van der Waals surface area contributed by atoms with Gasteiger partial charge in [0.2, 0.25) is 0 Å². The smallest absolute Gasteiger partial charge is 0.251 e. The first-order valence-corrected chi connectivity index (χ1v) is 9.57. The molecule has 2 aromatic heterocycles. The molecule has 1 atom stereocenters. The molecule has 1 amide bonds. The predicted molar refractivity (Wildman–Crippen MR) is 106 cm³/mol. The molecule has 0 unspecified atom stereocenters. The summed E-state index contributed by atoms with van der Waals surface area (Å²) in [7, 11) is 0. The lowest BCUT2D eigenvalue weighted by atomic mass is 10.1. The first kappa shape index (κ1) is 18.7. The molecule has 28 heavy (non-hydrogen) atoms. The molecule has 1 aliphatic heterocycles. The molecule has 0 aliphatic carbocycles. The van der Waals surface area contributed by atoms with Gasteiger partial charge in [0, 0.05) is 43.5 Å². The van der Waals surface area contributed by atoms with Crippen LogP contribution in [0, 0.1) is 6.07 Å². The number of benzene rings is 1. The fourth-order valence-electron chi connectivity index (χ4n) is 3.43. The van der Waals surface area contributed by atoms with Gasteiger partial charge in [-0.25, -0.2) is 0 Å². The van der Waals surface area contributed by atoms with Crippen molar-refractivity contribution < 1.29 is 14.3 Å². The van der Waals surface area contributed by atoms with Gasteiger partial charge in [0.05, 0.1) is 31.5 Å².